The Balaban J connectivity index is 1.67. The zero-order chi connectivity index (χ0) is 19.4. The highest BCUT2D eigenvalue weighted by Gasteiger charge is 2.22. The van der Waals surface area contributed by atoms with Crippen LogP contribution < -0.4 is 5.84 Å². The number of aromatic nitrogens is 3. The second-order valence-electron chi connectivity index (χ2n) is 6.48. The summed E-state index contributed by atoms with van der Waals surface area (Å²) in [6, 6.07) is 17.8. The molecule has 0 bridgehead atoms. The molecule has 2 aromatic carbocycles. The summed E-state index contributed by atoms with van der Waals surface area (Å²) < 4.78 is 1.44. The van der Waals surface area contributed by atoms with E-state index in [1.165, 1.54) is 16.4 Å². The molecule has 1 atom stereocenters. The van der Waals surface area contributed by atoms with Crippen LogP contribution in [0.25, 0.3) is 11.4 Å². The maximum atomic E-state index is 12.7. The zero-order valence-corrected chi connectivity index (χ0v) is 16.5. The Bertz CT molecular complexity index is 908. The molecule has 0 spiro atoms. The standard InChI is InChI=1S/C20H23N5OS/c1-14-9-11-17(12-10-14)18-22-23-20(25(18)21)27-15(2)19(26)24(3)13-16-7-5-4-6-8-16/h4-12,15H,13,21H2,1-3H3. The number of carbonyl (C=O) groups excluding carboxylic acids is 1. The molecule has 6 nitrogen and oxygen atoms in total. The van der Waals surface area contributed by atoms with Crippen LogP contribution in [0.5, 0.6) is 0 Å². The number of nitrogen functional groups attached to an aromatic ring is 1. The van der Waals surface area contributed by atoms with Crippen molar-refractivity contribution in [1.29, 1.82) is 0 Å². The third-order valence-electron chi connectivity index (χ3n) is 4.24. The molecule has 0 aliphatic rings. The van der Waals surface area contributed by atoms with E-state index in [1.807, 2.05) is 68.4 Å². The van der Waals surface area contributed by atoms with Gasteiger partial charge in [0.15, 0.2) is 5.82 Å². The summed E-state index contributed by atoms with van der Waals surface area (Å²) in [5, 5.41) is 8.53. The number of nitrogens with two attached hydrogens (primary N) is 1. The highest BCUT2D eigenvalue weighted by Crippen LogP contribution is 2.26. The van der Waals surface area contributed by atoms with Gasteiger partial charge in [-0.25, -0.2) is 4.68 Å². The molecule has 0 aliphatic carbocycles. The van der Waals surface area contributed by atoms with Crippen molar-refractivity contribution in [3.8, 4) is 11.4 Å². The van der Waals surface area contributed by atoms with Crippen LogP contribution in [0.2, 0.25) is 0 Å². The van der Waals surface area contributed by atoms with Gasteiger partial charge >= 0.3 is 0 Å². The van der Waals surface area contributed by atoms with Crippen molar-refractivity contribution in [2.24, 2.45) is 0 Å². The van der Waals surface area contributed by atoms with E-state index in [2.05, 4.69) is 10.2 Å². The van der Waals surface area contributed by atoms with Gasteiger partial charge in [0.2, 0.25) is 11.1 Å². The molecule has 0 saturated carbocycles. The molecule has 140 valence electrons. The van der Waals surface area contributed by atoms with Crippen molar-refractivity contribution in [3.05, 3.63) is 65.7 Å². The van der Waals surface area contributed by atoms with Crippen LogP contribution in [0.3, 0.4) is 0 Å². The minimum atomic E-state index is -0.323. The van der Waals surface area contributed by atoms with Crippen LogP contribution in [0, 0.1) is 6.92 Å². The van der Waals surface area contributed by atoms with Gasteiger partial charge in [0.05, 0.1) is 5.25 Å². The largest absolute Gasteiger partial charge is 0.340 e. The van der Waals surface area contributed by atoms with Gasteiger partial charge in [-0.1, -0.05) is 71.9 Å². The molecule has 1 heterocycles. The first-order valence-electron chi connectivity index (χ1n) is 8.69. The van der Waals surface area contributed by atoms with E-state index in [0.29, 0.717) is 17.5 Å². The summed E-state index contributed by atoms with van der Waals surface area (Å²) in [6.07, 6.45) is 0. The molecule has 0 aliphatic heterocycles. The van der Waals surface area contributed by atoms with E-state index < -0.39 is 0 Å². The summed E-state index contributed by atoms with van der Waals surface area (Å²) in [5.74, 6) is 6.76. The Kier molecular flexibility index (Phi) is 5.81. The van der Waals surface area contributed by atoms with Gasteiger partial charge in [-0.3, -0.25) is 4.79 Å². The number of hydrogen-bond donors (Lipinski definition) is 1. The van der Waals surface area contributed by atoms with E-state index in [1.54, 1.807) is 11.9 Å². The Morgan fingerprint density at radius 1 is 1.15 bits per heavy atom. The number of aryl methyl sites for hydroxylation is 1. The summed E-state index contributed by atoms with van der Waals surface area (Å²) in [4.78, 5) is 14.4. The molecule has 0 saturated heterocycles. The summed E-state index contributed by atoms with van der Waals surface area (Å²) in [5.41, 5.74) is 3.15. The molecule has 1 amide bonds. The lowest BCUT2D eigenvalue weighted by atomic mass is 10.1. The van der Waals surface area contributed by atoms with Crippen molar-refractivity contribution in [3.63, 3.8) is 0 Å². The predicted molar refractivity (Wildman–Crippen MR) is 109 cm³/mol. The monoisotopic (exact) mass is 381 g/mol. The SMILES string of the molecule is Cc1ccc(-c2nnc(SC(C)C(=O)N(C)Cc3ccccc3)n2N)cc1. The lowest BCUT2D eigenvalue weighted by Gasteiger charge is -2.21. The van der Waals surface area contributed by atoms with Crippen LogP contribution in [-0.4, -0.2) is 38.0 Å². The molecular formula is C20H23N5OS. The number of rotatable bonds is 6. The minimum Gasteiger partial charge on any atom is -0.340 e. The fourth-order valence-electron chi connectivity index (χ4n) is 2.71. The van der Waals surface area contributed by atoms with E-state index in [-0.39, 0.29) is 11.2 Å². The van der Waals surface area contributed by atoms with E-state index in [0.717, 1.165) is 16.7 Å². The van der Waals surface area contributed by atoms with Gasteiger partial charge in [0.1, 0.15) is 0 Å². The summed E-state index contributed by atoms with van der Waals surface area (Å²) >= 11 is 1.31. The normalized spacial score (nSPS) is 12.0. The number of hydrogen-bond acceptors (Lipinski definition) is 5. The predicted octanol–water partition coefficient (Wildman–Crippen LogP) is 3.11. The van der Waals surface area contributed by atoms with E-state index >= 15 is 0 Å². The second kappa shape index (κ2) is 8.26. The maximum absolute atomic E-state index is 12.7. The summed E-state index contributed by atoms with van der Waals surface area (Å²) in [6.45, 7) is 4.45. The first-order valence-corrected chi connectivity index (χ1v) is 9.56. The molecule has 2 N–H and O–H groups in total. The lowest BCUT2D eigenvalue weighted by molar-refractivity contribution is -0.129. The van der Waals surface area contributed by atoms with Crippen molar-refractivity contribution in [2.75, 3.05) is 12.9 Å². The van der Waals surface area contributed by atoms with Gasteiger partial charge in [-0.15, -0.1) is 10.2 Å². The number of carbonyl (C=O) groups is 1. The average Bonchev–Trinajstić information content (AvgIpc) is 3.03. The molecule has 3 aromatic rings. The van der Waals surface area contributed by atoms with Crippen LogP contribution in [0.4, 0.5) is 0 Å². The number of amides is 1. The van der Waals surface area contributed by atoms with Crippen molar-refractivity contribution < 1.29 is 4.79 Å². The molecule has 3 rings (SSSR count). The minimum absolute atomic E-state index is 0.0174. The molecule has 1 unspecified atom stereocenters. The molecule has 27 heavy (non-hydrogen) atoms. The van der Waals surface area contributed by atoms with Gasteiger partial charge in [-0.05, 0) is 19.4 Å². The average molecular weight is 382 g/mol. The maximum Gasteiger partial charge on any atom is 0.235 e. The fourth-order valence-corrected chi connectivity index (χ4v) is 3.60. The molecule has 0 fully saturated rings. The van der Waals surface area contributed by atoms with E-state index in [9.17, 15) is 4.79 Å². The number of thioether (sulfide) groups is 1. The van der Waals surface area contributed by atoms with Crippen LogP contribution in [0.15, 0.2) is 59.8 Å². The smallest absolute Gasteiger partial charge is 0.235 e. The molecule has 7 heteroatoms. The van der Waals surface area contributed by atoms with Gasteiger partial charge in [0.25, 0.3) is 0 Å². The molecule has 1 aromatic heterocycles. The highest BCUT2D eigenvalue weighted by atomic mass is 32.2. The Labute approximate surface area is 163 Å². The third kappa shape index (κ3) is 4.49. The quantitative estimate of drug-likeness (QED) is 0.524. The van der Waals surface area contributed by atoms with Crippen LogP contribution in [0.1, 0.15) is 18.1 Å². The van der Waals surface area contributed by atoms with Crippen molar-refractivity contribution in [1.82, 2.24) is 19.8 Å². The zero-order valence-electron chi connectivity index (χ0n) is 15.7. The Hall–Kier alpha value is -2.80. The van der Waals surface area contributed by atoms with Gasteiger partial charge in [-0.2, -0.15) is 0 Å². The summed E-state index contributed by atoms with van der Waals surface area (Å²) in [7, 11) is 1.80. The van der Waals surface area contributed by atoms with Crippen molar-refractivity contribution >= 4 is 17.7 Å². The number of benzene rings is 2. The topological polar surface area (TPSA) is 77.0 Å². The highest BCUT2D eigenvalue weighted by molar-refractivity contribution is 8.00. The van der Waals surface area contributed by atoms with E-state index in [4.69, 9.17) is 5.84 Å². The molecular weight excluding hydrogens is 358 g/mol. The van der Waals surface area contributed by atoms with Crippen LogP contribution >= 0.6 is 11.8 Å². The first-order chi connectivity index (χ1) is 13.0. The first kappa shape index (κ1) is 19.0. The third-order valence-corrected chi connectivity index (χ3v) is 5.29. The van der Waals surface area contributed by atoms with Gasteiger partial charge in [0, 0.05) is 19.2 Å². The van der Waals surface area contributed by atoms with Crippen LogP contribution in [-0.2, 0) is 11.3 Å². The fraction of sp³-hybridized carbons (Fsp3) is 0.250. The lowest BCUT2D eigenvalue weighted by Crippen LogP contribution is -2.33. The number of nitrogens with zero attached hydrogens (tertiary/aromatic N) is 4. The second-order valence-corrected chi connectivity index (χ2v) is 7.79. The van der Waals surface area contributed by atoms with Crippen molar-refractivity contribution in [2.45, 2.75) is 30.8 Å². The Morgan fingerprint density at radius 3 is 2.48 bits per heavy atom. The molecule has 0 radical (unpaired) electrons. The van der Waals surface area contributed by atoms with Gasteiger partial charge < -0.3 is 10.7 Å². The Morgan fingerprint density at radius 2 is 1.81 bits per heavy atom.